The Morgan fingerprint density at radius 3 is 2.65 bits per heavy atom. The van der Waals surface area contributed by atoms with Crippen LogP contribution >= 0.6 is 23.1 Å². The van der Waals surface area contributed by atoms with E-state index in [1.165, 1.54) is 11.3 Å². The summed E-state index contributed by atoms with van der Waals surface area (Å²) in [6.45, 7) is 8.22. The number of fused-ring (bicyclic) bond motifs is 2. The van der Waals surface area contributed by atoms with E-state index in [9.17, 15) is 14.4 Å². The van der Waals surface area contributed by atoms with Gasteiger partial charge in [0.15, 0.2) is 0 Å². The highest BCUT2D eigenvalue weighted by molar-refractivity contribution is 7.98. The summed E-state index contributed by atoms with van der Waals surface area (Å²) in [5.41, 5.74) is 2.48. The maximum atomic E-state index is 13.0. The van der Waals surface area contributed by atoms with Gasteiger partial charge in [0.05, 0.1) is 24.3 Å². The summed E-state index contributed by atoms with van der Waals surface area (Å²) < 4.78 is 16.8. The fraction of sp³-hybridized carbons (Fsp3) is 0.393. The molecule has 1 atom stereocenters. The standard InChI is InChI=1S/C28H31NO6S2/c1-16-18-11-20-21(28(2,3)4)15-33-22(20)13-23(18)35-26(31)19(16)12-25(30)29-17(8-10-36-5)14-34-27(32)24-7-6-9-37-24/h6-7,9,11,13,15,17H,8,10,12,14H2,1-5H3,(H,29,30). The van der Waals surface area contributed by atoms with Gasteiger partial charge in [-0.25, -0.2) is 9.59 Å². The quantitative estimate of drug-likeness (QED) is 0.210. The predicted octanol–water partition coefficient (Wildman–Crippen LogP) is 5.84. The number of amides is 1. The molecule has 0 saturated carbocycles. The van der Waals surface area contributed by atoms with Gasteiger partial charge >= 0.3 is 11.6 Å². The van der Waals surface area contributed by atoms with Crippen molar-refractivity contribution in [3.8, 4) is 0 Å². The van der Waals surface area contributed by atoms with Crippen LogP contribution in [0.15, 0.2) is 49.5 Å². The first-order valence-corrected chi connectivity index (χ1v) is 14.3. The van der Waals surface area contributed by atoms with E-state index in [-0.39, 0.29) is 30.4 Å². The number of hydrogen-bond acceptors (Lipinski definition) is 8. The van der Waals surface area contributed by atoms with E-state index in [1.54, 1.807) is 36.2 Å². The Kier molecular flexibility index (Phi) is 8.14. The summed E-state index contributed by atoms with van der Waals surface area (Å²) >= 11 is 2.95. The first kappa shape index (κ1) is 27.0. The molecular formula is C28H31NO6S2. The summed E-state index contributed by atoms with van der Waals surface area (Å²) in [4.78, 5) is 38.6. The van der Waals surface area contributed by atoms with E-state index < -0.39 is 11.6 Å². The van der Waals surface area contributed by atoms with Crippen molar-refractivity contribution >= 4 is 56.9 Å². The molecule has 1 unspecified atom stereocenters. The van der Waals surface area contributed by atoms with Crippen LogP contribution in [0.1, 0.15) is 53.6 Å². The van der Waals surface area contributed by atoms with Crippen LogP contribution < -0.4 is 10.9 Å². The lowest BCUT2D eigenvalue weighted by Crippen LogP contribution is -2.40. The van der Waals surface area contributed by atoms with Crippen molar-refractivity contribution in [2.24, 2.45) is 0 Å². The molecule has 7 nitrogen and oxygen atoms in total. The molecule has 3 heterocycles. The summed E-state index contributed by atoms with van der Waals surface area (Å²) in [7, 11) is 0. The first-order chi connectivity index (χ1) is 17.6. The molecule has 0 saturated heterocycles. The van der Waals surface area contributed by atoms with Gasteiger partial charge in [-0.2, -0.15) is 11.8 Å². The van der Waals surface area contributed by atoms with Gasteiger partial charge in [-0.3, -0.25) is 4.79 Å². The van der Waals surface area contributed by atoms with Crippen LogP contribution in [0.3, 0.4) is 0 Å². The molecule has 4 aromatic rings. The molecule has 196 valence electrons. The molecule has 0 aliphatic heterocycles. The van der Waals surface area contributed by atoms with E-state index in [1.807, 2.05) is 24.6 Å². The zero-order chi connectivity index (χ0) is 26.7. The van der Waals surface area contributed by atoms with Crippen molar-refractivity contribution in [2.45, 2.75) is 52.0 Å². The molecule has 4 rings (SSSR count). The van der Waals surface area contributed by atoms with E-state index in [0.717, 1.165) is 22.1 Å². The van der Waals surface area contributed by atoms with Gasteiger partial charge in [0.1, 0.15) is 22.7 Å². The van der Waals surface area contributed by atoms with E-state index in [2.05, 4.69) is 26.1 Å². The number of carbonyl (C=O) groups is 2. The number of esters is 1. The summed E-state index contributed by atoms with van der Waals surface area (Å²) in [6, 6.07) is 6.83. The Hall–Kier alpha value is -3.04. The monoisotopic (exact) mass is 541 g/mol. The summed E-state index contributed by atoms with van der Waals surface area (Å²) in [6.07, 6.45) is 4.21. The topological polar surface area (TPSA) is 98.8 Å². The molecule has 0 fully saturated rings. The average Bonchev–Trinajstić information content (AvgIpc) is 3.52. The third kappa shape index (κ3) is 6.10. The predicted molar refractivity (Wildman–Crippen MR) is 149 cm³/mol. The van der Waals surface area contributed by atoms with E-state index in [0.29, 0.717) is 33.6 Å². The third-order valence-corrected chi connectivity index (χ3v) is 7.79. The normalized spacial score (nSPS) is 12.7. The molecule has 1 amide bonds. The van der Waals surface area contributed by atoms with Crippen LogP contribution in [0.2, 0.25) is 0 Å². The number of thioether (sulfide) groups is 1. The van der Waals surface area contributed by atoms with E-state index >= 15 is 0 Å². The smallest absolute Gasteiger partial charge is 0.348 e. The molecular weight excluding hydrogens is 510 g/mol. The fourth-order valence-corrected chi connectivity index (χ4v) is 5.37. The maximum Gasteiger partial charge on any atom is 0.348 e. The summed E-state index contributed by atoms with van der Waals surface area (Å²) in [5.74, 6) is 0.0486. The number of rotatable bonds is 9. The second kappa shape index (κ2) is 11.1. The van der Waals surface area contributed by atoms with Gasteiger partial charge in [0.2, 0.25) is 5.91 Å². The molecule has 1 aromatic carbocycles. The molecule has 0 spiro atoms. The van der Waals surface area contributed by atoms with E-state index in [4.69, 9.17) is 13.6 Å². The van der Waals surface area contributed by atoms with Gasteiger partial charge in [0.25, 0.3) is 0 Å². The Morgan fingerprint density at radius 1 is 1.19 bits per heavy atom. The Morgan fingerprint density at radius 2 is 1.97 bits per heavy atom. The van der Waals surface area contributed by atoms with Gasteiger partial charge in [0, 0.05) is 22.4 Å². The maximum absolute atomic E-state index is 13.0. The first-order valence-electron chi connectivity index (χ1n) is 12.1. The molecule has 9 heteroatoms. The molecule has 37 heavy (non-hydrogen) atoms. The zero-order valence-corrected chi connectivity index (χ0v) is 23.3. The molecule has 0 bridgehead atoms. The highest BCUT2D eigenvalue weighted by atomic mass is 32.2. The van der Waals surface area contributed by atoms with Crippen molar-refractivity contribution in [1.29, 1.82) is 0 Å². The van der Waals surface area contributed by atoms with Crippen LogP contribution in [-0.2, 0) is 21.4 Å². The number of ether oxygens (including phenoxy) is 1. The number of furan rings is 1. The summed E-state index contributed by atoms with van der Waals surface area (Å²) in [5, 5.41) is 6.47. The second-order valence-corrected chi connectivity index (χ2v) is 12.0. The number of thiophene rings is 1. The van der Waals surface area contributed by atoms with Crippen LogP contribution in [0.5, 0.6) is 0 Å². The molecule has 3 aromatic heterocycles. The van der Waals surface area contributed by atoms with Crippen LogP contribution in [0.4, 0.5) is 0 Å². The minimum Gasteiger partial charge on any atom is -0.464 e. The van der Waals surface area contributed by atoms with Gasteiger partial charge < -0.3 is 18.9 Å². The largest absolute Gasteiger partial charge is 0.464 e. The second-order valence-electron chi connectivity index (χ2n) is 10.0. The van der Waals surface area contributed by atoms with Crippen molar-refractivity contribution in [1.82, 2.24) is 5.32 Å². The van der Waals surface area contributed by atoms with Gasteiger partial charge in [-0.05, 0) is 53.8 Å². The van der Waals surface area contributed by atoms with Crippen molar-refractivity contribution in [3.05, 3.63) is 67.9 Å². The zero-order valence-electron chi connectivity index (χ0n) is 21.6. The number of carbonyl (C=O) groups excluding carboxylic acids is 2. The Labute approximate surface area is 223 Å². The Bertz CT molecular complexity index is 1480. The lowest BCUT2D eigenvalue weighted by molar-refractivity contribution is -0.121. The fourth-order valence-electron chi connectivity index (χ4n) is 4.23. The lowest BCUT2D eigenvalue weighted by atomic mass is 9.86. The number of hydrogen-bond donors (Lipinski definition) is 1. The van der Waals surface area contributed by atoms with Crippen LogP contribution in [0, 0.1) is 6.92 Å². The molecule has 0 aliphatic carbocycles. The van der Waals surface area contributed by atoms with Crippen LogP contribution in [0.25, 0.3) is 21.9 Å². The minimum atomic E-state index is -0.549. The SMILES string of the molecule is CSCCC(COC(=O)c1cccs1)NC(=O)Cc1c(C)c2cc3c(C(C)(C)C)coc3cc2oc1=O. The number of aryl methyl sites for hydroxylation is 1. The molecule has 0 radical (unpaired) electrons. The van der Waals surface area contributed by atoms with Crippen LogP contribution in [-0.4, -0.2) is 36.5 Å². The molecule has 0 aliphatic rings. The van der Waals surface area contributed by atoms with Crippen molar-refractivity contribution in [3.63, 3.8) is 0 Å². The number of nitrogens with one attached hydrogen (secondary N) is 1. The third-order valence-electron chi connectivity index (χ3n) is 6.30. The minimum absolute atomic E-state index is 0.0579. The van der Waals surface area contributed by atoms with Crippen molar-refractivity contribution in [2.75, 3.05) is 18.6 Å². The molecule has 1 N–H and O–H groups in total. The highest BCUT2D eigenvalue weighted by Gasteiger charge is 2.23. The van der Waals surface area contributed by atoms with Gasteiger partial charge in [-0.15, -0.1) is 11.3 Å². The highest BCUT2D eigenvalue weighted by Crippen LogP contribution is 2.35. The lowest BCUT2D eigenvalue weighted by Gasteiger charge is -2.19. The average molecular weight is 542 g/mol. The Balaban J connectivity index is 1.55. The number of benzene rings is 1. The van der Waals surface area contributed by atoms with Gasteiger partial charge in [-0.1, -0.05) is 26.8 Å². The van der Waals surface area contributed by atoms with Crippen molar-refractivity contribution < 1.29 is 23.2 Å².